The average Bonchev–Trinajstić information content (AvgIpc) is 3.57. The van der Waals surface area contributed by atoms with Crippen LogP contribution in [0, 0.1) is 6.92 Å². The summed E-state index contributed by atoms with van der Waals surface area (Å²) in [6.45, 7) is 2.76. The van der Waals surface area contributed by atoms with Crippen LogP contribution in [0.1, 0.15) is 49.7 Å². The zero-order valence-electron chi connectivity index (χ0n) is 21.1. The van der Waals surface area contributed by atoms with Crippen LogP contribution in [-0.2, 0) is 21.3 Å². The van der Waals surface area contributed by atoms with Crippen molar-refractivity contribution in [1.29, 1.82) is 0 Å². The van der Waals surface area contributed by atoms with Gasteiger partial charge in [-0.1, -0.05) is 23.8 Å². The number of nitrogens with zero attached hydrogens (tertiary/aromatic N) is 4. The maximum atomic E-state index is 14.2. The fraction of sp³-hybridized carbons (Fsp3) is 0.481. The van der Waals surface area contributed by atoms with Crippen LogP contribution in [0.4, 0.5) is 8.78 Å². The summed E-state index contributed by atoms with van der Waals surface area (Å²) in [5, 5.41) is 0. The number of hydrogen-bond acceptors (Lipinski definition) is 5. The number of carbonyl (C=O) groups excluding carboxylic acids is 1. The van der Waals surface area contributed by atoms with Crippen LogP contribution in [0.2, 0.25) is 0 Å². The summed E-state index contributed by atoms with van der Waals surface area (Å²) < 4.78 is 49.4. The van der Waals surface area contributed by atoms with Gasteiger partial charge in [-0.2, -0.15) is 0 Å². The lowest BCUT2D eigenvalue weighted by atomic mass is 9.90. The second-order valence-electron chi connectivity index (χ2n) is 10.00. The number of fused-ring (bicyclic) bond motifs is 1. The molecule has 6 nitrogen and oxygen atoms in total. The molecular weight excluding hydrogens is 514 g/mol. The maximum absolute atomic E-state index is 14.2. The summed E-state index contributed by atoms with van der Waals surface area (Å²) in [6.07, 6.45) is 1.31. The Morgan fingerprint density at radius 1 is 1.19 bits per heavy atom. The van der Waals surface area contributed by atoms with Crippen molar-refractivity contribution in [2.75, 3.05) is 13.6 Å². The number of hydrogen-bond donors (Lipinski definition) is 0. The Balaban J connectivity index is 1.47. The molecule has 1 aliphatic heterocycles. The monoisotopic (exact) mass is 546 g/mol. The van der Waals surface area contributed by atoms with E-state index in [-0.39, 0.29) is 37.6 Å². The van der Waals surface area contributed by atoms with E-state index in [2.05, 4.69) is 9.35 Å². The van der Waals surface area contributed by atoms with Crippen molar-refractivity contribution in [3.05, 3.63) is 59.1 Å². The smallest absolute Gasteiger partial charge is 0.248 e. The number of halogens is 2. The van der Waals surface area contributed by atoms with Crippen LogP contribution in [0.15, 0.2) is 57.2 Å². The summed E-state index contributed by atoms with van der Waals surface area (Å²) in [5.41, 5.74) is 4.60. The third-order valence-corrected chi connectivity index (χ3v) is 10.8. The minimum Gasteiger partial charge on any atom is -0.334 e. The van der Waals surface area contributed by atoms with Crippen molar-refractivity contribution in [2.24, 2.45) is 4.36 Å². The quantitative estimate of drug-likeness (QED) is 0.378. The highest BCUT2D eigenvalue weighted by Crippen LogP contribution is 2.37. The molecule has 37 heavy (non-hydrogen) atoms. The van der Waals surface area contributed by atoms with Crippen LogP contribution < -0.4 is 0 Å². The van der Waals surface area contributed by atoms with Gasteiger partial charge in [0.05, 0.1) is 20.6 Å². The first-order chi connectivity index (χ1) is 17.7. The maximum Gasteiger partial charge on any atom is 0.248 e. The second kappa shape index (κ2) is 10.4. The Morgan fingerprint density at radius 2 is 1.92 bits per heavy atom. The number of rotatable bonds is 6. The minimum atomic E-state index is -2.99. The third kappa shape index (κ3) is 5.28. The summed E-state index contributed by atoms with van der Waals surface area (Å²) in [6, 6.07) is 12.4. The number of aryl methyl sites for hydroxylation is 1. The van der Waals surface area contributed by atoms with Gasteiger partial charge in [0.2, 0.25) is 11.8 Å². The molecule has 0 bridgehead atoms. The predicted molar refractivity (Wildman–Crippen MR) is 143 cm³/mol. The fourth-order valence-corrected chi connectivity index (χ4v) is 8.22. The van der Waals surface area contributed by atoms with Gasteiger partial charge in [-0.15, -0.1) is 11.3 Å². The van der Waals surface area contributed by atoms with Gasteiger partial charge in [0, 0.05) is 39.0 Å². The molecule has 10 heteroatoms. The molecule has 2 aromatic carbocycles. The molecule has 2 aliphatic rings. The Labute approximate surface area is 221 Å². The van der Waals surface area contributed by atoms with Crippen LogP contribution >= 0.6 is 11.3 Å². The van der Waals surface area contributed by atoms with Crippen LogP contribution in [0.5, 0.6) is 0 Å². The zero-order valence-corrected chi connectivity index (χ0v) is 22.7. The van der Waals surface area contributed by atoms with Crippen molar-refractivity contribution >= 4 is 37.4 Å². The lowest BCUT2D eigenvalue weighted by Gasteiger charge is -2.39. The zero-order chi connectivity index (χ0) is 26.2. The van der Waals surface area contributed by atoms with E-state index in [0.29, 0.717) is 24.4 Å². The van der Waals surface area contributed by atoms with E-state index in [4.69, 9.17) is 0 Å². The van der Waals surface area contributed by atoms with E-state index in [0.717, 1.165) is 27.8 Å². The highest BCUT2D eigenvalue weighted by atomic mass is 32.2. The molecule has 0 radical (unpaired) electrons. The van der Waals surface area contributed by atoms with Crippen molar-refractivity contribution in [3.8, 4) is 0 Å². The van der Waals surface area contributed by atoms with Gasteiger partial charge < -0.3 is 4.90 Å². The molecule has 1 aliphatic carbocycles. The molecule has 2 atom stereocenters. The summed E-state index contributed by atoms with van der Waals surface area (Å²) >= 11 is 1.55. The first-order valence-electron chi connectivity index (χ1n) is 12.7. The molecular formula is C27H32F2N4O2S2. The Hall–Kier alpha value is -2.43. The van der Waals surface area contributed by atoms with Crippen molar-refractivity contribution in [1.82, 2.24) is 14.2 Å². The first-order valence-corrected chi connectivity index (χ1v) is 15.0. The molecule has 0 unspecified atom stereocenters. The highest BCUT2D eigenvalue weighted by Gasteiger charge is 2.44. The molecule has 1 saturated heterocycles. The number of amides is 1. The van der Waals surface area contributed by atoms with Crippen molar-refractivity contribution in [3.63, 3.8) is 0 Å². The van der Waals surface area contributed by atoms with E-state index >= 15 is 0 Å². The standard InChI is InChI=1S/C27H32F2N4O2S2/c1-19-5-8-22(9-6-19)37(35,30-2)33-15-3-4-24(33)26(34)32(21-11-13-27(28,29)14-12-21)17-20-7-10-25-23(16-20)31-18-36-25/h5-10,16,18,21,24H,3-4,11-15,17H2,1-2H3/t24-,37+/m0/s1. The third-order valence-electron chi connectivity index (χ3n) is 7.54. The van der Waals surface area contributed by atoms with Crippen LogP contribution in [0.25, 0.3) is 10.2 Å². The van der Waals surface area contributed by atoms with E-state index in [1.165, 1.54) is 7.05 Å². The van der Waals surface area contributed by atoms with Gasteiger partial charge in [-0.3, -0.25) is 4.79 Å². The molecule has 3 aromatic rings. The number of carbonyl (C=O) groups is 1. The number of aromatic nitrogens is 1. The molecule has 198 valence electrons. The molecule has 5 rings (SSSR count). The van der Waals surface area contributed by atoms with E-state index in [9.17, 15) is 17.8 Å². The van der Waals surface area contributed by atoms with Gasteiger partial charge in [-0.05, 0) is 62.4 Å². The fourth-order valence-electron chi connectivity index (χ4n) is 5.46. The van der Waals surface area contributed by atoms with Crippen LogP contribution in [-0.4, -0.2) is 55.9 Å². The van der Waals surface area contributed by atoms with Crippen molar-refractivity contribution in [2.45, 2.75) is 74.9 Å². The lowest BCUT2D eigenvalue weighted by Crippen LogP contribution is -2.52. The minimum absolute atomic E-state index is 0.158. The summed E-state index contributed by atoms with van der Waals surface area (Å²) in [4.78, 5) is 20.9. The van der Waals surface area contributed by atoms with E-state index in [1.54, 1.807) is 26.1 Å². The molecule has 2 heterocycles. The Kier molecular flexibility index (Phi) is 7.35. The average molecular weight is 547 g/mol. The number of benzene rings is 2. The summed E-state index contributed by atoms with van der Waals surface area (Å²) in [7, 11) is -1.46. The van der Waals surface area contributed by atoms with Gasteiger partial charge in [-0.25, -0.2) is 26.6 Å². The second-order valence-corrected chi connectivity index (χ2v) is 13.2. The van der Waals surface area contributed by atoms with E-state index < -0.39 is 21.9 Å². The normalized spacial score (nSPS) is 22.1. The molecule has 2 fully saturated rings. The van der Waals surface area contributed by atoms with Crippen molar-refractivity contribution < 1.29 is 17.8 Å². The van der Waals surface area contributed by atoms with Gasteiger partial charge in [0.1, 0.15) is 16.0 Å². The molecule has 0 spiro atoms. The molecule has 1 aromatic heterocycles. The van der Waals surface area contributed by atoms with Gasteiger partial charge in [0.25, 0.3) is 0 Å². The topological polar surface area (TPSA) is 65.9 Å². The Bertz CT molecular complexity index is 1390. The highest BCUT2D eigenvalue weighted by molar-refractivity contribution is 7.91. The van der Waals surface area contributed by atoms with Gasteiger partial charge >= 0.3 is 0 Å². The molecule has 1 saturated carbocycles. The van der Waals surface area contributed by atoms with Crippen LogP contribution in [0.3, 0.4) is 0 Å². The SMILES string of the molecule is CN=[S@](=O)(c1ccc(C)cc1)N1CCC[C@H]1C(=O)N(Cc1ccc2scnc2c1)C1CCC(F)(F)CC1. The molecule has 1 amide bonds. The first kappa shape index (κ1) is 26.2. The van der Waals surface area contributed by atoms with E-state index in [1.807, 2.05) is 49.4 Å². The Morgan fingerprint density at radius 3 is 2.62 bits per heavy atom. The lowest BCUT2D eigenvalue weighted by molar-refractivity contribution is -0.141. The largest absolute Gasteiger partial charge is 0.334 e. The number of alkyl halides is 2. The molecule has 0 N–H and O–H groups in total. The predicted octanol–water partition coefficient (Wildman–Crippen LogP) is 6.05. The van der Waals surface area contributed by atoms with Gasteiger partial charge in [0.15, 0.2) is 0 Å². The number of thiazole rings is 1. The summed E-state index contributed by atoms with van der Waals surface area (Å²) in [5.74, 6) is -2.85.